The minimum atomic E-state index is -4.48. The molecule has 0 aliphatic carbocycles. The Morgan fingerprint density at radius 2 is 1.86 bits per heavy atom. The van der Waals surface area contributed by atoms with Crippen LogP contribution in [0.4, 0.5) is 18.9 Å². The lowest BCUT2D eigenvalue weighted by molar-refractivity contribution is -0.137. The number of halogens is 4. The van der Waals surface area contributed by atoms with E-state index < -0.39 is 11.7 Å². The zero-order valence-corrected chi connectivity index (χ0v) is 15.7. The summed E-state index contributed by atoms with van der Waals surface area (Å²) in [5, 5.41) is 3.16. The average Bonchev–Trinajstić information content (AvgIpc) is 3.11. The van der Waals surface area contributed by atoms with Gasteiger partial charge in [0, 0.05) is 18.4 Å². The molecule has 2 aromatic carbocycles. The number of aryl methyl sites for hydroxylation is 2. The number of nitrogens with one attached hydrogen (secondary N) is 1. The molecule has 0 saturated heterocycles. The van der Waals surface area contributed by atoms with E-state index in [1.165, 1.54) is 24.3 Å². The van der Waals surface area contributed by atoms with Crippen LogP contribution in [-0.2, 0) is 17.4 Å². The Morgan fingerprint density at radius 1 is 1.11 bits per heavy atom. The van der Waals surface area contributed by atoms with E-state index in [2.05, 4.69) is 5.32 Å². The molecule has 0 unspecified atom stereocenters. The van der Waals surface area contributed by atoms with E-state index >= 15 is 0 Å². The molecular weight excluding hydrogens is 391 g/mol. The summed E-state index contributed by atoms with van der Waals surface area (Å²) in [6, 6.07) is 13.6. The highest BCUT2D eigenvalue weighted by Gasteiger charge is 2.34. The lowest BCUT2D eigenvalue weighted by Crippen LogP contribution is -2.12. The third kappa shape index (κ3) is 4.75. The van der Waals surface area contributed by atoms with Gasteiger partial charge in [0.15, 0.2) is 0 Å². The number of hydrogen-bond donors (Lipinski definition) is 1. The molecule has 0 fully saturated rings. The topological polar surface area (TPSA) is 42.2 Å². The molecule has 3 nitrogen and oxygen atoms in total. The Balaban J connectivity index is 1.66. The first kappa shape index (κ1) is 20.0. The van der Waals surface area contributed by atoms with Crippen LogP contribution in [0.1, 0.15) is 23.3 Å². The van der Waals surface area contributed by atoms with Crippen molar-refractivity contribution in [2.45, 2.75) is 25.9 Å². The van der Waals surface area contributed by atoms with Crippen LogP contribution in [0.2, 0.25) is 5.02 Å². The van der Waals surface area contributed by atoms with Crippen molar-refractivity contribution < 1.29 is 22.4 Å². The normalized spacial score (nSPS) is 11.5. The quantitative estimate of drug-likeness (QED) is 0.524. The fourth-order valence-electron chi connectivity index (χ4n) is 2.77. The summed E-state index contributed by atoms with van der Waals surface area (Å²) < 4.78 is 45.0. The van der Waals surface area contributed by atoms with Gasteiger partial charge in [-0.15, -0.1) is 0 Å². The number of carbonyl (C=O) groups is 1. The van der Waals surface area contributed by atoms with Gasteiger partial charge in [-0.1, -0.05) is 35.9 Å². The van der Waals surface area contributed by atoms with Gasteiger partial charge in [-0.05, 0) is 42.8 Å². The van der Waals surface area contributed by atoms with Gasteiger partial charge in [-0.2, -0.15) is 13.2 Å². The predicted molar refractivity (Wildman–Crippen MR) is 102 cm³/mol. The second kappa shape index (κ2) is 8.10. The molecule has 0 spiro atoms. The summed E-state index contributed by atoms with van der Waals surface area (Å²) in [5.41, 5.74) is 0.696. The molecule has 0 bridgehead atoms. The Bertz CT molecular complexity index is 995. The van der Waals surface area contributed by atoms with Gasteiger partial charge in [0.2, 0.25) is 5.91 Å². The molecule has 0 saturated carbocycles. The minimum absolute atomic E-state index is 0.0304. The van der Waals surface area contributed by atoms with Crippen LogP contribution >= 0.6 is 11.6 Å². The highest BCUT2D eigenvalue weighted by Crippen LogP contribution is 2.37. The molecule has 1 amide bonds. The lowest BCUT2D eigenvalue weighted by atomic mass is 10.1. The van der Waals surface area contributed by atoms with Crippen molar-refractivity contribution in [1.82, 2.24) is 0 Å². The minimum Gasteiger partial charge on any atom is -0.461 e. The standard InChI is InChI=1S/C21H17ClF3NO2/c1-13-6-9-18(17(22)12-13)26-20(27)11-8-14-7-10-19(28-14)15-4-2-3-5-16(15)21(23,24)25/h2-7,9-10,12H,8,11H2,1H3,(H,26,27). The molecule has 1 aromatic heterocycles. The average molecular weight is 408 g/mol. The number of furan rings is 1. The van der Waals surface area contributed by atoms with Gasteiger partial charge < -0.3 is 9.73 Å². The van der Waals surface area contributed by atoms with Crippen molar-refractivity contribution in [1.29, 1.82) is 0 Å². The third-order valence-electron chi connectivity index (χ3n) is 4.16. The van der Waals surface area contributed by atoms with Crippen molar-refractivity contribution in [2.24, 2.45) is 0 Å². The van der Waals surface area contributed by atoms with Gasteiger partial charge >= 0.3 is 6.18 Å². The van der Waals surface area contributed by atoms with E-state index in [0.29, 0.717) is 16.5 Å². The lowest BCUT2D eigenvalue weighted by Gasteiger charge is -2.10. The van der Waals surface area contributed by atoms with E-state index in [0.717, 1.165) is 11.6 Å². The largest absolute Gasteiger partial charge is 0.461 e. The number of benzene rings is 2. The van der Waals surface area contributed by atoms with Gasteiger partial charge in [0.05, 0.1) is 16.3 Å². The Labute approximate surface area is 165 Å². The molecule has 28 heavy (non-hydrogen) atoms. The number of anilines is 1. The van der Waals surface area contributed by atoms with Crippen molar-refractivity contribution >= 4 is 23.2 Å². The fraction of sp³-hybridized carbons (Fsp3) is 0.190. The molecule has 1 N–H and O–H groups in total. The maximum Gasteiger partial charge on any atom is 0.417 e. The molecule has 0 aliphatic heterocycles. The summed E-state index contributed by atoms with van der Waals surface area (Å²) in [7, 11) is 0. The van der Waals surface area contributed by atoms with Gasteiger partial charge in [-0.3, -0.25) is 4.79 Å². The Morgan fingerprint density at radius 3 is 2.57 bits per heavy atom. The first-order valence-corrected chi connectivity index (χ1v) is 8.93. The number of carbonyl (C=O) groups excluding carboxylic acids is 1. The van der Waals surface area contributed by atoms with Crippen LogP contribution in [0.5, 0.6) is 0 Å². The highest BCUT2D eigenvalue weighted by atomic mass is 35.5. The molecule has 3 rings (SSSR count). The van der Waals surface area contributed by atoms with E-state index in [9.17, 15) is 18.0 Å². The van der Waals surface area contributed by atoms with Gasteiger partial charge in [0.1, 0.15) is 11.5 Å². The number of rotatable bonds is 5. The fourth-order valence-corrected chi connectivity index (χ4v) is 3.06. The highest BCUT2D eigenvalue weighted by molar-refractivity contribution is 6.33. The number of amides is 1. The molecule has 0 aliphatic rings. The van der Waals surface area contributed by atoms with Gasteiger partial charge in [0.25, 0.3) is 0 Å². The first-order valence-electron chi connectivity index (χ1n) is 8.55. The zero-order chi connectivity index (χ0) is 20.3. The van der Waals surface area contributed by atoms with Crippen LogP contribution in [0.25, 0.3) is 11.3 Å². The van der Waals surface area contributed by atoms with Crippen LogP contribution in [0.15, 0.2) is 59.0 Å². The maximum atomic E-state index is 13.2. The van der Waals surface area contributed by atoms with Gasteiger partial charge in [-0.25, -0.2) is 0 Å². The SMILES string of the molecule is Cc1ccc(NC(=O)CCc2ccc(-c3ccccc3C(F)(F)F)o2)c(Cl)c1. The Hall–Kier alpha value is -2.73. The second-order valence-corrected chi connectivity index (χ2v) is 6.75. The van der Waals surface area contributed by atoms with Crippen LogP contribution in [0.3, 0.4) is 0 Å². The van der Waals surface area contributed by atoms with Crippen LogP contribution < -0.4 is 5.32 Å². The van der Waals surface area contributed by atoms with E-state index in [4.69, 9.17) is 16.0 Å². The summed E-state index contributed by atoms with van der Waals surface area (Å²) in [4.78, 5) is 12.1. The molecule has 7 heteroatoms. The zero-order valence-electron chi connectivity index (χ0n) is 14.9. The molecular formula is C21H17ClF3NO2. The number of hydrogen-bond acceptors (Lipinski definition) is 2. The molecule has 0 atom stereocenters. The van der Waals surface area contributed by atoms with E-state index in [-0.39, 0.29) is 30.1 Å². The van der Waals surface area contributed by atoms with Crippen LogP contribution in [0, 0.1) is 6.92 Å². The monoisotopic (exact) mass is 407 g/mol. The Kier molecular flexibility index (Phi) is 5.79. The predicted octanol–water partition coefficient (Wildman–Crippen LogP) is 6.50. The van der Waals surface area contributed by atoms with E-state index in [1.807, 2.05) is 13.0 Å². The molecule has 3 aromatic rings. The first-order chi connectivity index (χ1) is 13.2. The summed E-state index contributed by atoms with van der Waals surface area (Å²) in [6.07, 6.45) is -4.11. The smallest absolute Gasteiger partial charge is 0.417 e. The van der Waals surface area contributed by atoms with Crippen molar-refractivity contribution in [3.63, 3.8) is 0 Å². The summed E-state index contributed by atoms with van der Waals surface area (Å²) in [5.74, 6) is 0.279. The molecule has 1 heterocycles. The second-order valence-electron chi connectivity index (χ2n) is 6.34. The summed E-state index contributed by atoms with van der Waals surface area (Å²) >= 11 is 6.09. The van der Waals surface area contributed by atoms with Crippen LogP contribution in [-0.4, -0.2) is 5.91 Å². The third-order valence-corrected chi connectivity index (χ3v) is 4.47. The maximum absolute atomic E-state index is 13.2. The van der Waals surface area contributed by atoms with Crippen molar-refractivity contribution in [3.8, 4) is 11.3 Å². The molecule has 146 valence electrons. The summed E-state index contributed by atoms with van der Waals surface area (Å²) in [6.45, 7) is 1.89. The molecule has 0 radical (unpaired) electrons. The van der Waals surface area contributed by atoms with Crippen molar-refractivity contribution in [2.75, 3.05) is 5.32 Å². The van der Waals surface area contributed by atoms with E-state index in [1.54, 1.807) is 18.2 Å². The van der Waals surface area contributed by atoms with Crippen molar-refractivity contribution in [3.05, 3.63) is 76.5 Å². The number of alkyl halides is 3.